The predicted octanol–water partition coefficient (Wildman–Crippen LogP) is 4.70. The number of hydrogen-bond donors (Lipinski definition) is 1. The Bertz CT molecular complexity index is 512. The largest absolute Gasteiger partial charge is 0.334 e. The monoisotopic (exact) mass is 298 g/mol. The lowest BCUT2D eigenvalue weighted by molar-refractivity contribution is 0.335. The minimum absolute atomic E-state index is 0.137. The number of rotatable bonds is 1. The van der Waals surface area contributed by atoms with Crippen LogP contribution in [0.4, 0.5) is 10.1 Å². The van der Waals surface area contributed by atoms with Crippen molar-refractivity contribution in [3.63, 3.8) is 0 Å². The molecule has 0 unspecified atom stereocenters. The van der Waals surface area contributed by atoms with Crippen LogP contribution in [-0.4, -0.2) is 16.5 Å². The van der Waals surface area contributed by atoms with Crippen LogP contribution >= 0.6 is 23.4 Å². The molecule has 0 saturated heterocycles. The van der Waals surface area contributed by atoms with E-state index in [9.17, 15) is 4.39 Å². The van der Waals surface area contributed by atoms with Crippen molar-refractivity contribution < 1.29 is 4.39 Å². The van der Waals surface area contributed by atoms with Gasteiger partial charge in [0.25, 0.3) is 0 Å². The third-order valence-electron chi connectivity index (χ3n) is 3.77. The molecular formula is C14H16ClFN2S. The van der Waals surface area contributed by atoms with Gasteiger partial charge in [-0.15, -0.1) is 0 Å². The number of anilines is 1. The summed E-state index contributed by atoms with van der Waals surface area (Å²) in [6.45, 7) is 0. The van der Waals surface area contributed by atoms with E-state index >= 15 is 0 Å². The Morgan fingerprint density at radius 1 is 1.26 bits per heavy atom. The van der Waals surface area contributed by atoms with Crippen LogP contribution in [0.25, 0.3) is 0 Å². The normalized spacial score (nSPS) is 21.5. The third-order valence-corrected chi connectivity index (χ3v) is 5.23. The Hall–Kier alpha value is -0.740. The Morgan fingerprint density at radius 3 is 2.79 bits per heavy atom. The summed E-state index contributed by atoms with van der Waals surface area (Å²) in [4.78, 5) is 4.85. The van der Waals surface area contributed by atoms with Crippen LogP contribution in [0.2, 0.25) is 5.02 Å². The molecule has 1 fully saturated rings. The quantitative estimate of drug-likeness (QED) is 0.813. The third kappa shape index (κ3) is 2.90. The van der Waals surface area contributed by atoms with Crippen molar-refractivity contribution in [2.75, 3.05) is 11.1 Å². The van der Waals surface area contributed by atoms with Crippen LogP contribution in [-0.2, 0) is 0 Å². The van der Waals surface area contributed by atoms with Gasteiger partial charge in [-0.2, -0.15) is 0 Å². The molecule has 102 valence electrons. The van der Waals surface area contributed by atoms with Crippen molar-refractivity contribution in [2.24, 2.45) is 4.99 Å². The van der Waals surface area contributed by atoms with Gasteiger partial charge in [-0.1, -0.05) is 42.6 Å². The molecule has 1 aromatic carbocycles. The summed E-state index contributed by atoms with van der Waals surface area (Å²) in [6.07, 6.45) is 6.24. The first-order valence-corrected chi connectivity index (χ1v) is 7.98. The Balaban J connectivity index is 1.75. The Kier molecular flexibility index (Phi) is 3.72. The summed E-state index contributed by atoms with van der Waals surface area (Å²) in [5.74, 6) is 0.731. The molecule has 2 nitrogen and oxygen atoms in total. The first kappa shape index (κ1) is 13.3. The molecule has 0 bridgehead atoms. The maximum Gasteiger partial charge on any atom is 0.161 e. The molecule has 1 spiro atoms. The second-order valence-electron chi connectivity index (χ2n) is 5.24. The number of benzene rings is 1. The number of amidine groups is 1. The summed E-state index contributed by atoms with van der Waals surface area (Å²) in [7, 11) is 0. The van der Waals surface area contributed by atoms with Crippen LogP contribution in [0, 0.1) is 5.82 Å². The molecule has 1 aliphatic carbocycles. The van der Waals surface area contributed by atoms with Gasteiger partial charge in [-0.05, 0) is 31.0 Å². The smallest absolute Gasteiger partial charge is 0.161 e. The molecule has 1 aromatic rings. The first-order valence-electron chi connectivity index (χ1n) is 6.62. The fourth-order valence-corrected chi connectivity index (χ4v) is 4.13. The zero-order valence-corrected chi connectivity index (χ0v) is 12.2. The summed E-state index contributed by atoms with van der Waals surface area (Å²) in [5, 5.41) is 4.53. The summed E-state index contributed by atoms with van der Waals surface area (Å²) in [5.41, 5.74) is 0.861. The second-order valence-corrected chi connectivity index (χ2v) is 6.61. The van der Waals surface area contributed by atoms with Crippen molar-refractivity contribution in [3.8, 4) is 0 Å². The van der Waals surface area contributed by atoms with Gasteiger partial charge in [-0.25, -0.2) is 4.39 Å². The maximum atomic E-state index is 13.0. The van der Waals surface area contributed by atoms with E-state index in [-0.39, 0.29) is 11.4 Å². The van der Waals surface area contributed by atoms with Gasteiger partial charge in [0, 0.05) is 5.75 Å². The van der Waals surface area contributed by atoms with Crippen LogP contribution < -0.4 is 5.32 Å². The number of hydrogen-bond acceptors (Lipinski definition) is 3. The minimum Gasteiger partial charge on any atom is -0.334 e. The van der Waals surface area contributed by atoms with E-state index in [1.54, 1.807) is 17.8 Å². The number of nitrogens with one attached hydrogen (secondary N) is 1. The number of halogens is 2. The lowest BCUT2D eigenvalue weighted by atomic mass is 9.84. The highest BCUT2D eigenvalue weighted by atomic mass is 35.5. The number of aliphatic imine (C=N–C) groups is 1. The van der Waals surface area contributed by atoms with Crippen molar-refractivity contribution in [1.29, 1.82) is 0 Å². The predicted molar refractivity (Wildman–Crippen MR) is 80.7 cm³/mol. The lowest BCUT2D eigenvalue weighted by Crippen LogP contribution is -2.29. The fourth-order valence-electron chi connectivity index (χ4n) is 2.72. The Labute approximate surface area is 121 Å². The molecule has 5 heteroatoms. The van der Waals surface area contributed by atoms with E-state index < -0.39 is 0 Å². The number of nitrogens with zero attached hydrogens (tertiary/aromatic N) is 1. The molecule has 1 heterocycles. The topological polar surface area (TPSA) is 24.4 Å². The highest BCUT2D eigenvalue weighted by Gasteiger charge is 2.36. The van der Waals surface area contributed by atoms with Gasteiger partial charge in [0.2, 0.25) is 0 Å². The standard InChI is InChI=1S/C14H16ClFN2S/c15-11-8-10(16)4-5-12(11)17-13-18-14(9-19-13)6-2-1-3-7-14/h4-5,8H,1-3,6-7,9H2,(H,17,18). The van der Waals surface area contributed by atoms with E-state index in [0.29, 0.717) is 5.02 Å². The van der Waals surface area contributed by atoms with Crippen LogP contribution in [0.1, 0.15) is 32.1 Å². The van der Waals surface area contributed by atoms with Gasteiger partial charge < -0.3 is 5.32 Å². The van der Waals surface area contributed by atoms with Gasteiger partial charge in [-0.3, -0.25) is 4.99 Å². The molecule has 1 aliphatic heterocycles. The summed E-state index contributed by atoms with van der Waals surface area (Å²) in [6, 6.07) is 4.39. The molecule has 1 N–H and O–H groups in total. The SMILES string of the molecule is Fc1ccc(NC2=NC3(CCCCC3)CS2)c(Cl)c1. The maximum absolute atomic E-state index is 13.0. The molecule has 0 amide bonds. The average molecular weight is 299 g/mol. The van der Waals surface area contributed by atoms with Crippen molar-refractivity contribution in [2.45, 2.75) is 37.6 Å². The highest BCUT2D eigenvalue weighted by molar-refractivity contribution is 8.14. The summed E-state index contributed by atoms with van der Waals surface area (Å²) >= 11 is 7.76. The molecule has 3 rings (SSSR count). The minimum atomic E-state index is -0.319. The molecular weight excluding hydrogens is 283 g/mol. The fraction of sp³-hybridized carbons (Fsp3) is 0.500. The number of thioether (sulfide) groups is 1. The molecule has 0 atom stereocenters. The van der Waals surface area contributed by atoms with Crippen molar-refractivity contribution in [1.82, 2.24) is 0 Å². The van der Waals surface area contributed by atoms with E-state index in [1.165, 1.54) is 44.2 Å². The van der Waals surface area contributed by atoms with Crippen LogP contribution in [0.15, 0.2) is 23.2 Å². The molecule has 19 heavy (non-hydrogen) atoms. The first-order chi connectivity index (χ1) is 9.17. The molecule has 0 aromatic heterocycles. The van der Waals surface area contributed by atoms with E-state index in [4.69, 9.17) is 16.6 Å². The Morgan fingerprint density at radius 2 is 2.05 bits per heavy atom. The van der Waals surface area contributed by atoms with E-state index in [0.717, 1.165) is 16.6 Å². The molecule has 1 saturated carbocycles. The van der Waals surface area contributed by atoms with E-state index in [2.05, 4.69) is 5.32 Å². The summed E-state index contributed by atoms with van der Waals surface area (Å²) < 4.78 is 13.0. The second kappa shape index (κ2) is 5.33. The zero-order chi connectivity index (χ0) is 13.3. The van der Waals surface area contributed by atoms with Gasteiger partial charge in [0.15, 0.2) is 5.17 Å². The van der Waals surface area contributed by atoms with Gasteiger partial charge in [0.05, 0.1) is 16.2 Å². The molecule has 0 radical (unpaired) electrons. The van der Waals surface area contributed by atoms with Gasteiger partial charge in [0.1, 0.15) is 5.82 Å². The van der Waals surface area contributed by atoms with Gasteiger partial charge >= 0.3 is 0 Å². The van der Waals surface area contributed by atoms with Crippen molar-refractivity contribution in [3.05, 3.63) is 29.0 Å². The van der Waals surface area contributed by atoms with Crippen LogP contribution in [0.5, 0.6) is 0 Å². The highest BCUT2D eigenvalue weighted by Crippen LogP contribution is 2.40. The zero-order valence-electron chi connectivity index (χ0n) is 10.6. The van der Waals surface area contributed by atoms with Crippen molar-refractivity contribution >= 4 is 34.2 Å². The molecule has 2 aliphatic rings. The van der Waals surface area contributed by atoms with Crippen LogP contribution in [0.3, 0.4) is 0 Å². The average Bonchev–Trinajstić information content (AvgIpc) is 2.77. The van der Waals surface area contributed by atoms with E-state index in [1.807, 2.05) is 0 Å². The lowest BCUT2D eigenvalue weighted by Gasteiger charge is -2.29.